The minimum Gasteiger partial charge on any atom is -0.496 e. The molecule has 2 N–H and O–H groups in total. The number of methoxy groups -OCH3 is 1. The van der Waals surface area contributed by atoms with Gasteiger partial charge in [-0.15, -0.1) is 0 Å². The van der Waals surface area contributed by atoms with E-state index in [9.17, 15) is 9.59 Å². The van der Waals surface area contributed by atoms with Gasteiger partial charge in [0.15, 0.2) is 5.82 Å². The van der Waals surface area contributed by atoms with Crippen LogP contribution in [0.1, 0.15) is 36.6 Å². The molecular weight excluding hydrogens is 466 g/mol. The van der Waals surface area contributed by atoms with E-state index in [1.807, 2.05) is 74.5 Å². The zero-order valence-electron chi connectivity index (χ0n) is 19.7. The number of nitrogens with one attached hydrogen (secondary N) is 2. The molecule has 1 aromatic heterocycles. The average Bonchev–Trinajstić information content (AvgIpc) is 3.29. The number of rotatable bonds is 8. The van der Waals surface area contributed by atoms with Crippen LogP contribution in [0.15, 0.2) is 82.1 Å². The molecule has 0 aliphatic heterocycles. The van der Waals surface area contributed by atoms with Crippen LogP contribution < -0.4 is 15.8 Å². The number of aromatic amines is 1. The maximum absolute atomic E-state index is 13.5. The first kappa shape index (κ1) is 24.3. The molecule has 1 atom stereocenters. The minimum absolute atomic E-state index is 0.103. The van der Waals surface area contributed by atoms with Crippen LogP contribution in [0.5, 0.6) is 5.75 Å². The normalized spacial score (nSPS) is 12.2. The first-order valence-corrected chi connectivity index (χ1v) is 11.5. The van der Waals surface area contributed by atoms with Crippen molar-refractivity contribution in [3.05, 3.63) is 105 Å². The second-order valence-electron chi connectivity index (χ2n) is 8.90. The van der Waals surface area contributed by atoms with Crippen LogP contribution in [0.3, 0.4) is 0 Å². The standard InChI is InChI=1S/C27H26ClN3O4/c1-27(2,16-17-8-10-19(11-9-17)24-30-26(33)35-31-24)25(32)29-23(18-12-14-20(28)15-13-18)21-6-4-5-7-22(21)34-3/h4-15,23H,16H2,1-3H3,(H,29,32)(H,30,31,33). The third kappa shape index (κ3) is 5.63. The van der Waals surface area contributed by atoms with Crippen molar-refractivity contribution in [2.75, 3.05) is 7.11 Å². The monoisotopic (exact) mass is 491 g/mol. The Hall–Kier alpha value is -3.84. The summed E-state index contributed by atoms with van der Waals surface area (Å²) in [6, 6.07) is 22.1. The quantitative estimate of drug-likeness (QED) is 0.354. The second-order valence-corrected chi connectivity index (χ2v) is 9.34. The number of nitrogens with zero attached hydrogens (tertiary/aromatic N) is 1. The van der Waals surface area contributed by atoms with Crippen molar-refractivity contribution < 1.29 is 14.1 Å². The number of carbonyl (C=O) groups is 1. The number of halogens is 1. The molecule has 0 saturated carbocycles. The van der Waals surface area contributed by atoms with Gasteiger partial charge >= 0.3 is 5.76 Å². The molecule has 0 fully saturated rings. The number of benzene rings is 3. The lowest BCUT2D eigenvalue weighted by Crippen LogP contribution is -2.40. The molecular formula is C27H26ClN3O4. The Morgan fingerprint density at radius 2 is 1.77 bits per heavy atom. The van der Waals surface area contributed by atoms with Gasteiger partial charge in [0, 0.05) is 21.6 Å². The van der Waals surface area contributed by atoms with E-state index in [1.165, 1.54) is 0 Å². The molecule has 1 unspecified atom stereocenters. The van der Waals surface area contributed by atoms with Gasteiger partial charge in [-0.05, 0) is 35.7 Å². The summed E-state index contributed by atoms with van der Waals surface area (Å²) in [7, 11) is 1.61. The van der Waals surface area contributed by atoms with Gasteiger partial charge in [0.1, 0.15) is 5.75 Å². The fraction of sp³-hybridized carbons (Fsp3) is 0.222. The van der Waals surface area contributed by atoms with Gasteiger partial charge in [-0.2, -0.15) is 0 Å². The predicted molar refractivity (Wildman–Crippen MR) is 134 cm³/mol. The number of hydrogen-bond acceptors (Lipinski definition) is 5. The van der Waals surface area contributed by atoms with E-state index in [0.29, 0.717) is 23.0 Å². The van der Waals surface area contributed by atoms with Crippen LogP contribution in [0, 0.1) is 5.41 Å². The fourth-order valence-corrected chi connectivity index (χ4v) is 4.08. The smallest absolute Gasteiger partial charge is 0.439 e. The molecule has 4 rings (SSSR count). The molecule has 0 bridgehead atoms. The fourth-order valence-electron chi connectivity index (χ4n) is 3.95. The molecule has 8 heteroatoms. The number of aromatic nitrogens is 2. The molecule has 0 aliphatic carbocycles. The summed E-state index contributed by atoms with van der Waals surface area (Å²) in [5, 5.41) is 7.55. The minimum atomic E-state index is -0.712. The lowest BCUT2D eigenvalue weighted by molar-refractivity contribution is -0.129. The van der Waals surface area contributed by atoms with Crippen LogP contribution >= 0.6 is 11.6 Å². The Balaban J connectivity index is 1.56. The van der Waals surface area contributed by atoms with Gasteiger partial charge in [0.25, 0.3) is 0 Å². The Labute approximate surface area is 208 Å². The number of hydrogen-bond donors (Lipinski definition) is 2. The number of para-hydroxylation sites is 1. The van der Waals surface area contributed by atoms with Crippen molar-refractivity contribution in [1.82, 2.24) is 15.5 Å². The van der Waals surface area contributed by atoms with E-state index in [0.717, 1.165) is 22.3 Å². The lowest BCUT2D eigenvalue weighted by Gasteiger charge is -2.29. The van der Waals surface area contributed by atoms with Gasteiger partial charge in [-0.25, -0.2) is 4.79 Å². The predicted octanol–water partition coefficient (Wildman–Crippen LogP) is 5.17. The molecule has 1 heterocycles. The maximum Gasteiger partial charge on any atom is 0.439 e. The molecule has 0 spiro atoms. The summed E-state index contributed by atoms with van der Waals surface area (Å²) in [6.07, 6.45) is 0.508. The van der Waals surface area contributed by atoms with E-state index in [4.69, 9.17) is 16.3 Å². The molecule has 3 aromatic carbocycles. The first-order chi connectivity index (χ1) is 16.8. The Morgan fingerprint density at radius 1 is 1.09 bits per heavy atom. The van der Waals surface area contributed by atoms with Gasteiger partial charge in [-0.3, -0.25) is 14.3 Å². The topological polar surface area (TPSA) is 97.2 Å². The van der Waals surface area contributed by atoms with Crippen molar-refractivity contribution in [1.29, 1.82) is 0 Å². The Bertz CT molecular complexity index is 1360. The molecule has 0 saturated heterocycles. The zero-order chi connectivity index (χ0) is 25.0. The Morgan fingerprint density at radius 3 is 2.40 bits per heavy atom. The highest BCUT2D eigenvalue weighted by Crippen LogP contribution is 2.32. The maximum atomic E-state index is 13.5. The second kappa shape index (κ2) is 10.2. The van der Waals surface area contributed by atoms with E-state index in [2.05, 4.69) is 20.0 Å². The third-order valence-corrected chi connectivity index (χ3v) is 6.11. The third-order valence-electron chi connectivity index (χ3n) is 5.86. The molecule has 35 heavy (non-hydrogen) atoms. The van der Waals surface area contributed by atoms with Gasteiger partial charge in [-0.1, -0.05) is 85.2 Å². The van der Waals surface area contributed by atoms with Gasteiger partial charge in [0.2, 0.25) is 5.91 Å². The molecule has 180 valence electrons. The molecule has 0 radical (unpaired) electrons. The highest BCUT2D eigenvalue weighted by atomic mass is 35.5. The van der Waals surface area contributed by atoms with E-state index in [1.54, 1.807) is 19.2 Å². The van der Waals surface area contributed by atoms with Gasteiger partial charge in [0.05, 0.1) is 13.2 Å². The largest absolute Gasteiger partial charge is 0.496 e. The van der Waals surface area contributed by atoms with Crippen molar-refractivity contribution in [2.45, 2.75) is 26.3 Å². The van der Waals surface area contributed by atoms with Crippen molar-refractivity contribution in [3.63, 3.8) is 0 Å². The summed E-state index contributed by atoms with van der Waals surface area (Å²) in [5.74, 6) is 0.341. The number of amides is 1. The summed E-state index contributed by atoms with van der Waals surface area (Å²) in [4.78, 5) is 27.3. The van der Waals surface area contributed by atoms with Crippen LogP contribution in [0.25, 0.3) is 11.4 Å². The number of H-pyrrole nitrogens is 1. The van der Waals surface area contributed by atoms with Crippen LogP contribution in [-0.2, 0) is 11.2 Å². The number of ether oxygens (including phenoxy) is 1. The Kier molecular flexibility index (Phi) is 7.07. The van der Waals surface area contributed by atoms with Crippen molar-refractivity contribution in [2.24, 2.45) is 5.41 Å². The van der Waals surface area contributed by atoms with E-state index < -0.39 is 17.2 Å². The summed E-state index contributed by atoms with van der Waals surface area (Å²) in [5.41, 5.74) is 2.73. The zero-order valence-corrected chi connectivity index (χ0v) is 20.4. The van der Waals surface area contributed by atoms with E-state index in [-0.39, 0.29) is 5.91 Å². The van der Waals surface area contributed by atoms with E-state index >= 15 is 0 Å². The highest BCUT2D eigenvalue weighted by Gasteiger charge is 2.31. The SMILES string of the molecule is COc1ccccc1C(NC(=O)C(C)(C)Cc1ccc(-c2noc(=O)[nH]2)cc1)c1ccc(Cl)cc1. The van der Waals surface area contributed by atoms with Crippen molar-refractivity contribution in [3.8, 4) is 17.1 Å². The molecule has 7 nitrogen and oxygen atoms in total. The van der Waals surface area contributed by atoms with Crippen LogP contribution in [-0.4, -0.2) is 23.2 Å². The van der Waals surface area contributed by atoms with Crippen LogP contribution in [0.4, 0.5) is 0 Å². The number of carbonyl (C=O) groups excluding carboxylic acids is 1. The van der Waals surface area contributed by atoms with Gasteiger partial charge < -0.3 is 10.1 Å². The summed E-state index contributed by atoms with van der Waals surface area (Å²) >= 11 is 6.10. The van der Waals surface area contributed by atoms with Crippen molar-refractivity contribution >= 4 is 17.5 Å². The molecule has 4 aromatic rings. The first-order valence-electron chi connectivity index (χ1n) is 11.1. The summed E-state index contributed by atoms with van der Waals surface area (Å²) in [6.45, 7) is 3.82. The van der Waals surface area contributed by atoms with Crippen LogP contribution in [0.2, 0.25) is 5.02 Å². The summed E-state index contributed by atoms with van der Waals surface area (Å²) < 4.78 is 10.1. The molecule has 0 aliphatic rings. The average molecular weight is 492 g/mol. The molecule has 1 amide bonds. The highest BCUT2D eigenvalue weighted by molar-refractivity contribution is 6.30. The lowest BCUT2D eigenvalue weighted by atomic mass is 9.83.